The van der Waals surface area contributed by atoms with Gasteiger partial charge in [-0.25, -0.2) is 0 Å². The van der Waals surface area contributed by atoms with Crippen LogP contribution < -0.4 is 5.32 Å². The fourth-order valence-corrected chi connectivity index (χ4v) is 1.10. The summed E-state index contributed by atoms with van der Waals surface area (Å²) in [5, 5.41) is 19.7. The number of carbonyl (C=O) groups is 2. The van der Waals surface area contributed by atoms with Crippen molar-refractivity contribution in [2.45, 2.75) is 39.5 Å². The van der Waals surface area contributed by atoms with E-state index < -0.39 is 11.4 Å². The second-order valence-corrected chi connectivity index (χ2v) is 4.33. The number of nitriles is 1. The zero-order valence-corrected chi connectivity index (χ0v) is 9.75. The summed E-state index contributed by atoms with van der Waals surface area (Å²) in [5.41, 5.74) is -1.03. The highest BCUT2D eigenvalue weighted by Gasteiger charge is 2.29. The SMILES string of the molecule is CC(C)(CC(=O)NCCCCC#N)C(=O)O. The van der Waals surface area contributed by atoms with Crippen molar-refractivity contribution in [1.29, 1.82) is 5.26 Å². The standard InChI is InChI=1S/C11H18N2O3/c1-11(2,10(15)16)8-9(14)13-7-5-3-4-6-12/h3-5,7-8H2,1-2H3,(H,13,14)(H,15,16). The highest BCUT2D eigenvalue weighted by Crippen LogP contribution is 2.19. The molecular formula is C11H18N2O3. The van der Waals surface area contributed by atoms with Gasteiger partial charge in [-0.1, -0.05) is 0 Å². The number of carbonyl (C=O) groups excluding carboxylic acids is 1. The summed E-state index contributed by atoms with van der Waals surface area (Å²) < 4.78 is 0. The molecule has 0 saturated carbocycles. The van der Waals surface area contributed by atoms with Crippen LogP contribution in [-0.2, 0) is 9.59 Å². The van der Waals surface area contributed by atoms with Gasteiger partial charge < -0.3 is 10.4 Å². The van der Waals surface area contributed by atoms with Gasteiger partial charge in [-0.3, -0.25) is 9.59 Å². The number of rotatable bonds is 7. The molecule has 5 nitrogen and oxygen atoms in total. The number of hydrogen-bond donors (Lipinski definition) is 2. The molecule has 90 valence electrons. The summed E-state index contributed by atoms with van der Waals surface area (Å²) in [5.74, 6) is -1.24. The molecule has 0 rings (SSSR count). The van der Waals surface area contributed by atoms with Crippen LogP contribution in [0.25, 0.3) is 0 Å². The van der Waals surface area contributed by atoms with Gasteiger partial charge in [0.25, 0.3) is 0 Å². The first-order valence-corrected chi connectivity index (χ1v) is 5.27. The number of aliphatic carboxylic acids is 1. The van der Waals surface area contributed by atoms with Gasteiger partial charge in [0.15, 0.2) is 0 Å². The van der Waals surface area contributed by atoms with E-state index in [0.29, 0.717) is 13.0 Å². The van der Waals surface area contributed by atoms with E-state index in [1.54, 1.807) is 0 Å². The molecule has 2 N–H and O–H groups in total. The molecule has 0 spiro atoms. The van der Waals surface area contributed by atoms with Crippen LogP contribution in [-0.4, -0.2) is 23.5 Å². The van der Waals surface area contributed by atoms with E-state index >= 15 is 0 Å². The first kappa shape index (κ1) is 14.4. The van der Waals surface area contributed by atoms with Crippen molar-refractivity contribution < 1.29 is 14.7 Å². The topological polar surface area (TPSA) is 90.2 Å². The molecule has 0 heterocycles. The molecule has 0 bridgehead atoms. The molecule has 16 heavy (non-hydrogen) atoms. The summed E-state index contributed by atoms with van der Waals surface area (Å²) >= 11 is 0. The van der Waals surface area contributed by atoms with E-state index in [4.69, 9.17) is 10.4 Å². The summed E-state index contributed by atoms with van der Waals surface area (Å²) in [4.78, 5) is 22.1. The average Bonchev–Trinajstić information content (AvgIpc) is 2.16. The summed E-state index contributed by atoms with van der Waals surface area (Å²) in [7, 11) is 0. The maximum atomic E-state index is 11.4. The molecule has 0 aliphatic heterocycles. The fourth-order valence-electron chi connectivity index (χ4n) is 1.10. The van der Waals surface area contributed by atoms with E-state index in [1.165, 1.54) is 13.8 Å². The molecule has 0 atom stereocenters. The van der Waals surface area contributed by atoms with Crippen LogP contribution in [0, 0.1) is 16.7 Å². The zero-order valence-electron chi connectivity index (χ0n) is 9.75. The van der Waals surface area contributed by atoms with Crippen molar-refractivity contribution >= 4 is 11.9 Å². The highest BCUT2D eigenvalue weighted by atomic mass is 16.4. The third-order valence-electron chi connectivity index (χ3n) is 2.22. The molecule has 0 saturated heterocycles. The second-order valence-electron chi connectivity index (χ2n) is 4.33. The molecule has 0 aromatic rings. The van der Waals surface area contributed by atoms with Crippen molar-refractivity contribution in [2.75, 3.05) is 6.54 Å². The largest absolute Gasteiger partial charge is 0.481 e. The lowest BCUT2D eigenvalue weighted by Crippen LogP contribution is -2.33. The minimum absolute atomic E-state index is 0.0272. The first-order valence-electron chi connectivity index (χ1n) is 5.27. The predicted molar refractivity (Wildman–Crippen MR) is 58.5 cm³/mol. The lowest BCUT2D eigenvalue weighted by Gasteiger charge is -2.18. The van der Waals surface area contributed by atoms with E-state index in [1.807, 2.05) is 6.07 Å². The van der Waals surface area contributed by atoms with Gasteiger partial charge >= 0.3 is 5.97 Å². The monoisotopic (exact) mass is 226 g/mol. The Labute approximate surface area is 95.4 Å². The summed E-state index contributed by atoms with van der Waals surface area (Å²) in [6.45, 7) is 3.53. The van der Waals surface area contributed by atoms with Crippen molar-refractivity contribution in [3.8, 4) is 6.07 Å². The molecule has 0 aromatic heterocycles. The Morgan fingerprint density at radius 1 is 1.38 bits per heavy atom. The van der Waals surface area contributed by atoms with Gasteiger partial charge in [-0.2, -0.15) is 5.26 Å². The molecule has 1 amide bonds. The zero-order chi connectivity index (χ0) is 12.6. The molecule has 0 aliphatic carbocycles. The number of nitrogens with zero attached hydrogens (tertiary/aromatic N) is 1. The normalized spacial score (nSPS) is 10.6. The molecule has 0 fully saturated rings. The number of carboxylic acid groups (broad SMARTS) is 1. The quantitative estimate of drug-likeness (QED) is 0.640. The molecule has 0 unspecified atom stereocenters. The van der Waals surface area contributed by atoms with Crippen LogP contribution in [0.3, 0.4) is 0 Å². The Morgan fingerprint density at radius 2 is 2.00 bits per heavy atom. The Bertz CT molecular complexity index is 292. The number of nitrogens with one attached hydrogen (secondary N) is 1. The molecule has 0 aliphatic rings. The van der Waals surface area contributed by atoms with Gasteiger partial charge in [-0.05, 0) is 26.7 Å². The Balaban J connectivity index is 3.76. The molecular weight excluding hydrogens is 208 g/mol. The van der Waals surface area contributed by atoms with E-state index in [2.05, 4.69) is 5.32 Å². The number of amides is 1. The van der Waals surface area contributed by atoms with Gasteiger partial charge in [0, 0.05) is 19.4 Å². The molecule has 5 heteroatoms. The Morgan fingerprint density at radius 3 is 2.50 bits per heavy atom. The maximum Gasteiger partial charge on any atom is 0.309 e. The van der Waals surface area contributed by atoms with E-state index in [9.17, 15) is 9.59 Å². The van der Waals surface area contributed by atoms with E-state index in [-0.39, 0.29) is 12.3 Å². The predicted octanol–water partition coefficient (Wildman–Crippen LogP) is 1.30. The molecule has 0 radical (unpaired) electrons. The van der Waals surface area contributed by atoms with E-state index in [0.717, 1.165) is 12.8 Å². The number of carboxylic acids is 1. The smallest absolute Gasteiger partial charge is 0.309 e. The fraction of sp³-hybridized carbons (Fsp3) is 0.727. The van der Waals surface area contributed by atoms with Crippen LogP contribution in [0.1, 0.15) is 39.5 Å². The van der Waals surface area contributed by atoms with Crippen LogP contribution in [0.4, 0.5) is 0 Å². The van der Waals surface area contributed by atoms with Crippen LogP contribution >= 0.6 is 0 Å². The van der Waals surface area contributed by atoms with Crippen molar-refractivity contribution in [3.05, 3.63) is 0 Å². The van der Waals surface area contributed by atoms with Crippen molar-refractivity contribution in [1.82, 2.24) is 5.32 Å². The summed E-state index contributed by atoms with van der Waals surface area (Å²) in [6.07, 6.45) is 1.95. The van der Waals surface area contributed by atoms with Gasteiger partial charge in [-0.15, -0.1) is 0 Å². The number of hydrogen-bond acceptors (Lipinski definition) is 3. The minimum atomic E-state index is -1.03. The minimum Gasteiger partial charge on any atom is -0.481 e. The van der Waals surface area contributed by atoms with Crippen molar-refractivity contribution in [3.63, 3.8) is 0 Å². The highest BCUT2D eigenvalue weighted by molar-refractivity contribution is 5.84. The Hall–Kier alpha value is -1.57. The van der Waals surface area contributed by atoms with Crippen LogP contribution in [0.5, 0.6) is 0 Å². The van der Waals surface area contributed by atoms with Gasteiger partial charge in [0.2, 0.25) is 5.91 Å². The van der Waals surface area contributed by atoms with Gasteiger partial charge in [0.1, 0.15) is 0 Å². The van der Waals surface area contributed by atoms with Crippen molar-refractivity contribution in [2.24, 2.45) is 5.41 Å². The second kappa shape index (κ2) is 6.83. The van der Waals surface area contributed by atoms with Crippen LogP contribution in [0.15, 0.2) is 0 Å². The molecule has 0 aromatic carbocycles. The lowest BCUT2D eigenvalue weighted by atomic mass is 9.89. The maximum absolute atomic E-state index is 11.4. The summed E-state index contributed by atoms with van der Waals surface area (Å²) in [6, 6.07) is 2.02. The Kier molecular flexibility index (Phi) is 6.16. The van der Waals surface area contributed by atoms with Gasteiger partial charge in [0.05, 0.1) is 11.5 Å². The first-order chi connectivity index (χ1) is 7.40. The van der Waals surface area contributed by atoms with Crippen LogP contribution in [0.2, 0.25) is 0 Å². The third-order valence-corrected chi connectivity index (χ3v) is 2.22. The average molecular weight is 226 g/mol. The lowest BCUT2D eigenvalue weighted by molar-refractivity contribution is -0.149. The number of unbranched alkanes of at least 4 members (excludes halogenated alkanes) is 2. The third kappa shape index (κ3) is 6.02.